The molecule has 8 heteroatoms. The summed E-state index contributed by atoms with van der Waals surface area (Å²) in [6, 6.07) is 2.00. The predicted molar refractivity (Wildman–Crippen MR) is 58.5 cm³/mol. The van der Waals surface area contributed by atoms with E-state index >= 15 is 0 Å². The van der Waals surface area contributed by atoms with Crippen LogP contribution in [0.15, 0.2) is 0 Å². The molecule has 93 valence electrons. The first-order chi connectivity index (χ1) is 8.10. The molecule has 0 saturated heterocycles. The number of carbonyl (C=O) groups is 1. The van der Waals surface area contributed by atoms with Crippen molar-refractivity contribution in [1.82, 2.24) is 5.32 Å². The van der Waals surface area contributed by atoms with Gasteiger partial charge < -0.3 is 0 Å². The molecule has 0 aromatic heterocycles. The van der Waals surface area contributed by atoms with Gasteiger partial charge in [-0.05, 0) is 0 Å². The average Bonchev–Trinajstić information content (AvgIpc) is 2.29. The third-order valence-corrected chi connectivity index (χ3v) is 4.94. The molecule has 0 aliphatic rings. The molecule has 1 N–H and O–H groups in total. The molecule has 6 nitrogen and oxygen atoms in total. The molecule has 2 atom stereocenters. The second kappa shape index (κ2) is 9.49. The van der Waals surface area contributed by atoms with E-state index in [1.807, 2.05) is 12.7 Å². The zero-order chi connectivity index (χ0) is 13.1. The Labute approximate surface area is 96.5 Å². The molecule has 0 bridgehead atoms. The van der Waals surface area contributed by atoms with E-state index in [2.05, 4.69) is 5.32 Å². The first-order valence-corrected chi connectivity index (χ1v) is 9.35. The monoisotopic (exact) mass is 514 g/mol. The maximum atomic E-state index is 10.7. The molecule has 0 aliphatic carbocycles. The quantitative estimate of drug-likeness (QED) is 0.365. The maximum absolute atomic E-state index is 10.7. The topological polar surface area (TPSA) is 80.6 Å². The SMILES string of the molecule is CC(=O)NCC(COP(C)OCCC#N)[O][Rf]. The van der Waals surface area contributed by atoms with Crippen LogP contribution in [0.3, 0.4) is 0 Å². The Morgan fingerprint density at radius 2 is 2.29 bits per heavy atom. The Kier molecular flexibility index (Phi) is 8.53. The van der Waals surface area contributed by atoms with E-state index < -0.39 is 8.38 Å². The van der Waals surface area contributed by atoms with E-state index in [1.165, 1.54) is 6.92 Å². The van der Waals surface area contributed by atoms with Crippen molar-refractivity contribution in [2.24, 2.45) is 0 Å². The molecule has 1 amide bonds. The number of nitrogens with one attached hydrogen (secondary N) is 1. The summed E-state index contributed by atoms with van der Waals surface area (Å²) in [5, 5.41) is 16.4. The normalized spacial score (nSPS) is 13.8. The zero-order valence-corrected chi connectivity index (χ0v) is 17.4. The Hall–Kier alpha value is -1.73. The van der Waals surface area contributed by atoms with Crippen LogP contribution in [0.4, 0.5) is 0 Å². The Balaban J connectivity index is 3.66. The second-order valence-corrected chi connectivity index (χ2v) is 6.11. The van der Waals surface area contributed by atoms with Gasteiger partial charge in [-0.25, -0.2) is 0 Å². The molecule has 0 rings (SSSR count). The summed E-state index contributed by atoms with van der Waals surface area (Å²) in [7, 11) is -0.977. The van der Waals surface area contributed by atoms with Gasteiger partial charge in [0.25, 0.3) is 0 Å². The molecule has 0 saturated carbocycles. The van der Waals surface area contributed by atoms with Crippen LogP contribution in [0.1, 0.15) is 13.3 Å². The Bertz CT molecular complexity index is 262. The number of nitriles is 1. The molecule has 17 heavy (non-hydrogen) atoms. The van der Waals surface area contributed by atoms with Crippen LogP contribution >= 0.6 is 8.38 Å². The summed E-state index contributed by atoms with van der Waals surface area (Å²) < 4.78 is 10.9. The van der Waals surface area contributed by atoms with Gasteiger partial charge in [0, 0.05) is 0 Å². The van der Waals surface area contributed by atoms with Crippen molar-refractivity contribution >= 4 is 14.3 Å². The summed E-state index contributed by atoms with van der Waals surface area (Å²) in [5.74, 6) is -0.0776. The van der Waals surface area contributed by atoms with E-state index in [9.17, 15) is 4.79 Å². The zero-order valence-electron chi connectivity index (χ0n) is 10.1. The fourth-order valence-electron chi connectivity index (χ4n) is 0.869. The van der Waals surface area contributed by atoms with Gasteiger partial charge in [0.2, 0.25) is 0 Å². The number of carbonyl (C=O) groups excluding carboxylic acids is 1. The number of nitrogens with zero attached hydrogens (tertiary/aromatic N) is 1. The number of rotatable bonds is 9. The van der Waals surface area contributed by atoms with Crippen molar-refractivity contribution in [3.8, 4) is 6.07 Å². The van der Waals surface area contributed by atoms with E-state index in [0.29, 0.717) is 26.2 Å². The molecule has 0 heterocycles. The minimum atomic E-state index is -0.977. The molecular weight excluding hydrogens is 498 g/mol. The van der Waals surface area contributed by atoms with Crippen molar-refractivity contribution < 1.29 is 18.9 Å². The van der Waals surface area contributed by atoms with Crippen molar-refractivity contribution in [3.63, 3.8) is 0 Å². The minimum absolute atomic E-state index is 0.0776. The Morgan fingerprint density at radius 1 is 1.59 bits per heavy atom. The van der Waals surface area contributed by atoms with Gasteiger partial charge >= 0.3 is 95.8 Å². The van der Waals surface area contributed by atoms with Gasteiger partial charge in [-0.3, -0.25) is 0 Å². The van der Waals surface area contributed by atoms with Crippen molar-refractivity contribution in [3.05, 3.63) is 0 Å². The van der Waals surface area contributed by atoms with Gasteiger partial charge in [-0.15, -0.1) is 0 Å². The third-order valence-electron chi connectivity index (χ3n) is 1.74. The summed E-state index contributed by atoms with van der Waals surface area (Å²) in [6.07, 6.45) is 0.269. The van der Waals surface area contributed by atoms with Gasteiger partial charge in [0.1, 0.15) is 0 Å². The molecule has 0 aromatic carbocycles. The molecule has 0 radical (unpaired) electrons. The van der Waals surface area contributed by atoms with Crippen molar-refractivity contribution in [2.75, 3.05) is 26.4 Å². The third kappa shape index (κ3) is 9.21. The summed E-state index contributed by atoms with van der Waals surface area (Å²) in [5.41, 5.74) is 0. The van der Waals surface area contributed by atoms with Crippen LogP contribution in [0.25, 0.3) is 0 Å². The molecule has 2 unspecified atom stereocenters. The van der Waals surface area contributed by atoms with Crippen molar-refractivity contribution in [1.29, 1.82) is 5.26 Å². The molecular formula is C9H16N2O4PRf. The van der Waals surface area contributed by atoms with Crippen LogP contribution < -0.4 is 5.32 Å². The Morgan fingerprint density at radius 3 is 2.82 bits per heavy atom. The van der Waals surface area contributed by atoms with Gasteiger partial charge in [-0.2, -0.15) is 0 Å². The molecule has 0 spiro atoms. The average molecular weight is 514 g/mol. The van der Waals surface area contributed by atoms with E-state index in [-0.39, 0.29) is 12.0 Å². The van der Waals surface area contributed by atoms with Crippen LogP contribution in [0.2, 0.25) is 0 Å². The van der Waals surface area contributed by atoms with Crippen LogP contribution in [0.5, 0.6) is 0 Å². The standard InChI is InChI=1S/C9H16N2O4P.Rf/c1-8(12)11-6-9(13)7-15-16(2)14-5-3-4-10;/h9H,3,5-7H2,1-2H3,(H,11,12);/q-1;+1. The number of hydrogen-bond donors (Lipinski definition) is 1. The van der Waals surface area contributed by atoms with Crippen LogP contribution in [-0.2, 0) is 18.9 Å². The number of hydrogen-bond acceptors (Lipinski definition) is 5. The second-order valence-electron chi connectivity index (χ2n) is 3.20. The number of amides is 1. The summed E-state index contributed by atoms with van der Waals surface area (Å²) in [6.45, 7) is 4.56. The van der Waals surface area contributed by atoms with Gasteiger partial charge in [-0.1, -0.05) is 0 Å². The van der Waals surface area contributed by atoms with Gasteiger partial charge in [0.05, 0.1) is 0 Å². The fourth-order valence-corrected chi connectivity index (χ4v) is 2.64. The first kappa shape index (κ1) is 15.3. The van der Waals surface area contributed by atoms with Crippen LogP contribution in [-0.4, -0.2) is 38.4 Å². The summed E-state index contributed by atoms with van der Waals surface area (Å²) in [4.78, 5) is 10.7. The van der Waals surface area contributed by atoms with Crippen molar-refractivity contribution in [2.45, 2.75) is 19.4 Å². The van der Waals surface area contributed by atoms with E-state index in [1.54, 1.807) is 0 Å². The molecule has 0 aliphatic heterocycles. The predicted octanol–water partition coefficient (Wildman–Crippen LogP) is 0.861. The van der Waals surface area contributed by atoms with E-state index in [4.69, 9.17) is 19.4 Å². The van der Waals surface area contributed by atoms with Gasteiger partial charge in [0.15, 0.2) is 0 Å². The fraction of sp³-hybridized carbons (Fsp3) is 0.778. The molecule has 0 fully saturated rings. The summed E-state index contributed by atoms with van der Waals surface area (Å²) >= 11 is 0. The first-order valence-electron chi connectivity index (χ1n) is 5.12. The molecule has 0 aromatic rings. The van der Waals surface area contributed by atoms with Crippen LogP contribution in [0, 0.1) is 11.3 Å². The van der Waals surface area contributed by atoms with E-state index in [0.717, 1.165) is 0 Å².